The molecular formula is C19H15ClN8O3. The molecule has 1 N–H and O–H groups in total. The number of rotatable bonds is 4. The summed E-state index contributed by atoms with van der Waals surface area (Å²) in [4.78, 5) is 41.6. The molecular weight excluding hydrogens is 424 g/mol. The topological polar surface area (TPSA) is 133 Å². The van der Waals surface area contributed by atoms with Gasteiger partial charge < -0.3 is 5.32 Å². The second-order valence-electron chi connectivity index (χ2n) is 6.66. The Hall–Kier alpha value is -4.17. The van der Waals surface area contributed by atoms with Gasteiger partial charge in [-0.15, -0.1) is 0 Å². The lowest BCUT2D eigenvalue weighted by Gasteiger charge is -2.11. The maximum Gasteiger partial charge on any atom is 0.332 e. The van der Waals surface area contributed by atoms with Crippen LogP contribution in [0.3, 0.4) is 0 Å². The molecule has 0 fully saturated rings. The van der Waals surface area contributed by atoms with Gasteiger partial charge in [-0.2, -0.15) is 15.3 Å². The number of imidazole rings is 1. The lowest BCUT2D eigenvalue weighted by Crippen LogP contribution is -2.37. The van der Waals surface area contributed by atoms with Crippen molar-refractivity contribution in [1.29, 1.82) is 5.26 Å². The number of aromatic nitrogens is 6. The van der Waals surface area contributed by atoms with E-state index in [1.54, 1.807) is 24.3 Å². The molecule has 4 rings (SSSR count). The van der Waals surface area contributed by atoms with Crippen molar-refractivity contribution < 1.29 is 4.79 Å². The maximum absolute atomic E-state index is 12.8. The van der Waals surface area contributed by atoms with Crippen molar-refractivity contribution in [2.75, 3.05) is 5.32 Å². The molecule has 31 heavy (non-hydrogen) atoms. The number of nitrogens with zero attached hydrogens (tertiary/aromatic N) is 7. The maximum atomic E-state index is 12.8. The highest BCUT2D eigenvalue weighted by atomic mass is 35.5. The van der Waals surface area contributed by atoms with Crippen molar-refractivity contribution in [3.63, 3.8) is 0 Å². The van der Waals surface area contributed by atoms with E-state index in [0.29, 0.717) is 5.69 Å². The quantitative estimate of drug-likeness (QED) is 0.468. The van der Waals surface area contributed by atoms with Gasteiger partial charge in [0.25, 0.3) is 5.56 Å². The Morgan fingerprint density at radius 1 is 1.19 bits per heavy atom. The first-order valence-corrected chi connectivity index (χ1v) is 9.36. The Bertz CT molecular complexity index is 1490. The molecule has 1 amide bonds. The lowest BCUT2D eigenvalue weighted by atomic mass is 10.3. The number of hydrogen-bond donors (Lipinski definition) is 1. The number of benzene rings is 1. The largest absolute Gasteiger partial charge is 0.332 e. The average molecular weight is 439 g/mol. The lowest BCUT2D eigenvalue weighted by molar-refractivity contribution is -0.116. The Kier molecular flexibility index (Phi) is 4.92. The molecule has 3 heterocycles. The van der Waals surface area contributed by atoms with Crippen LogP contribution in [0.1, 0.15) is 5.56 Å². The normalized spacial score (nSPS) is 10.9. The van der Waals surface area contributed by atoms with Gasteiger partial charge in [-0.25, -0.2) is 9.48 Å². The number of amides is 1. The molecule has 0 bridgehead atoms. The third-order valence-electron chi connectivity index (χ3n) is 4.75. The summed E-state index contributed by atoms with van der Waals surface area (Å²) in [6.07, 6.45) is 1.34. The molecule has 12 heteroatoms. The van der Waals surface area contributed by atoms with Crippen LogP contribution in [0.2, 0.25) is 5.28 Å². The Morgan fingerprint density at radius 3 is 2.58 bits per heavy atom. The number of anilines is 1. The number of halogens is 1. The van der Waals surface area contributed by atoms with E-state index in [4.69, 9.17) is 11.6 Å². The SMILES string of the molecule is Cn1c(=O)c2c(nc(Cl)n2CC(=O)Nc2c(C#N)cnn2-c2ccccc2)n(C)c1=O. The number of hydrogen-bond acceptors (Lipinski definition) is 6. The molecule has 0 spiro atoms. The fraction of sp³-hybridized carbons (Fsp3) is 0.158. The van der Waals surface area contributed by atoms with Gasteiger partial charge in [0, 0.05) is 14.1 Å². The van der Waals surface area contributed by atoms with E-state index in [-0.39, 0.29) is 34.4 Å². The summed E-state index contributed by atoms with van der Waals surface area (Å²) in [5.41, 5.74) is -0.294. The molecule has 0 saturated heterocycles. The van der Waals surface area contributed by atoms with Crippen molar-refractivity contribution in [2.45, 2.75) is 6.54 Å². The third kappa shape index (κ3) is 3.28. The minimum Gasteiger partial charge on any atom is -0.308 e. The smallest absolute Gasteiger partial charge is 0.308 e. The number of nitrogens with one attached hydrogen (secondary N) is 1. The van der Waals surface area contributed by atoms with E-state index < -0.39 is 17.2 Å². The van der Waals surface area contributed by atoms with E-state index in [9.17, 15) is 19.6 Å². The number of nitriles is 1. The Labute approximate surface area is 179 Å². The van der Waals surface area contributed by atoms with E-state index in [1.807, 2.05) is 12.1 Å². The van der Waals surface area contributed by atoms with Gasteiger partial charge in [-0.1, -0.05) is 18.2 Å². The monoisotopic (exact) mass is 438 g/mol. The zero-order valence-corrected chi connectivity index (χ0v) is 17.2. The van der Waals surface area contributed by atoms with Gasteiger partial charge in [-0.3, -0.25) is 23.3 Å². The van der Waals surface area contributed by atoms with Crippen LogP contribution in [0.5, 0.6) is 0 Å². The highest BCUT2D eigenvalue weighted by Gasteiger charge is 2.21. The first-order valence-electron chi connectivity index (χ1n) is 8.98. The average Bonchev–Trinajstić information content (AvgIpc) is 3.32. The van der Waals surface area contributed by atoms with Crippen LogP contribution in [0.25, 0.3) is 16.9 Å². The van der Waals surface area contributed by atoms with Crippen LogP contribution in [-0.2, 0) is 25.4 Å². The van der Waals surface area contributed by atoms with Crippen LogP contribution in [-0.4, -0.2) is 34.4 Å². The summed E-state index contributed by atoms with van der Waals surface area (Å²) in [6.45, 7) is -0.367. The van der Waals surface area contributed by atoms with E-state index in [1.165, 1.54) is 34.1 Å². The van der Waals surface area contributed by atoms with Crippen molar-refractivity contribution in [2.24, 2.45) is 14.1 Å². The van der Waals surface area contributed by atoms with Crippen molar-refractivity contribution in [3.05, 3.63) is 68.2 Å². The van der Waals surface area contributed by atoms with Gasteiger partial charge in [0.1, 0.15) is 18.2 Å². The van der Waals surface area contributed by atoms with Crippen LogP contribution in [0, 0.1) is 11.3 Å². The van der Waals surface area contributed by atoms with Gasteiger partial charge >= 0.3 is 5.69 Å². The van der Waals surface area contributed by atoms with E-state index in [0.717, 1.165) is 4.57 Å². The summed E-state index contributed by atoms with van der Waals surface area (Å²) in [5.74, 6) is -0.383. The molecule has 4 aromatic rings. The third-order valence-corrected chi connectivity index (χ3v) is 5.04. The zero-order chi connectivity index (χ0) is 22.3. The molecule has 0 aliphatic carbocycles. The van der Waals surface area contributed by atoms with Gasteiger partial charge in [-0.05, 0) is 23.7 Å². The highest BCUT2D eigenvalue weighted by molar-refractivity contribution is 6.29. The number of para-hydroxylation sites is 1. The second kappa shape index (κ2) is 7.58. The summed E-state index contributed by atoms with van der Waals surface area (Å²) >= 11 is 6.17. The first-order chi connectivity index (χ1) is 14.8. The van der Waals surface area contributed by atoms with Gasteiger partial charge in [0.2, 0.25) is 11.2 Å². The summed E-state index contributed by atoms with van der Waals surface area (Å²) in [6, 6.07) is 11.0. The van der Waals surface area contributed by atoms with Crippen molar-refractivity contribution in [1.82, 2.24) is 28.5 Å². The Morgan fingerprint density at radius 2 is 1.90 bits per heavy atom. The van der Waals surface area contributed by atoms with Crippen molar-refractivity contribution in [3.8, 4) is 11.8 Å². The molecule has 0 unspecified atom stereocenters. The minimum absolute atomic E-state index is 0.0156. The molecule has 1 aromatic carbocycles. The molecule has 3 aromatic heterocycles. The predicted molar refractivity (Wildman–Crippen MR) is 112 cm³/mol. The van der Waals surface area contributed by atoms with E-state index in [2.05, 4.69) is 15.4 Å². The highest BCUT2D eigenvalue weighted by Crippen LogP contribution is 2.20. The molecule has 0 radical (unpaired) electrons. The van der Waals surface area contributed by atoms with Crippen LogP contribution in [0.4, 0.5) is 5.82 Å². The Balaban J connectivity index is 1.74. The predicted octanol–water partition coefficient (Wildman–Crippen LogP) is 0.783. The zero-order valence-electron chi connectivity index (χ0n) is 16.4. The van der Waals surface area contributed by atoms with Crippen LogP contribution < -0.4 is 16.6 Å². The summed E-state index contributed by atoms with van der Waals surface area (Å²) < 4.78 is 4.72. The fourth-order valence-electron chi connectivity index (χ4n) is 3.19. The standard InChI is InChI=1S/C19H15ClN8O3/c1-25-16-14(17(30)26(2)19(25)31)27(18(20)24-16)10-13(29)23-15-11(8-21)9-22-28(15)12-6-4-3-5-7-12/h3-7,9H,10H2,1-2H3,(H,23,29). The number of aryl methyl sites for hydroxylation is 1. The number of fused-ring (bicyclic) bond motifs is 1. The fourth-order valence-corrected chi connectivity index (χ4v) is 3.42. The molecule has 156 valence electrons. The molecule has 0 aliphatic rings. The van der Waals surface area contributed by atoms with Gasteiger partial charge in [0.15, 0.2) is 17.0 Å². The molecule has 0 atom stereocenters. The second-order valence-corrected chi connectivity index (χ2v) is 7.00. The van der Waals surface area contributed by atoms with Gasteiger partial charge in [0.05, 0.1) is 11.9 Å². The van der Waals surface area contributed by atoms with Crippen molar-refractivity contribution >= 4 is 34.5 Å². The summed E-state index contributed by atoms with van der Waals surface area (Å²) in [7, 11) is 2.78. The first kappa shape index (κ1) is 20.1. The summed E-state index contributed by atoms with van der Waals surface area (Å²) in [5, 5.41) is 16.1. The molecule has 0 aliphatic heterocycles. The van der Waals surface area contributed by atoms with E-state index >= 15 is 0 Å². The number of carbonyl (C=O) groups is 1. The van der Waals surface area contributed by atoms with Crippen LogP contribution in [0.15, 0.2) is 46.1 Å². The van der Waals surface area contributed by atoms with Crippen LogP contribution >= 0.6 is 11.6 Å². The number of carbonyl (C=O) groups excluding carboxylic acids is 1. The molecule has 11 nitrogen and oxygen atoms in total. The minimum atomic E-state index is -0.627. The molecule has 0 saturated carbocycles.